The van der Waals surface area contributed by atoms with Gasteiger partial charge in [0.15, 0.2) is 0 Å². The zero-order valence-corrected chi connectivity index (χ0v) is 12.2. The molecule has 2 heterocycles. The fraction of sp³-hybridized carbons (Fsp3) is 0.786. The van der Waals surface area contributed by atoms with E-state index in [1.807, 2.05) is 11.7 Å². The highest BCUT2D eigenvalue weighted by molar-refractivity contribution is 5.27. The van der Waals surface area contributed by atoms with Crippen LogP contribution in [0.15, 0.2) is 0 Å². The molecule has 3 unspecified atom stereocenters. The van der Waals surface area contributed by atoms with Crippen LogP contribution in [0.1, 0.15) is 49.7 Å². The Morgan fingerprint density at radius 3 is 2.72 bits per heavy atom. The van der Waals surface area contributed by atoms with E-state index in [0.29, 0.717) is 18.2 Å². The van der Waals surface area contributed by atoms with Gasteiger partial charge in [0.2, 0.25) is 0 Å². The largest absolute Gasteiger partial charge is 0.378 e. The van der Waals surface area contributed by atoms with E-state index in [0.717, 1.165) is 25.1 Å². The van der Waals surface area contributed by atoms with Gasteiger partial charge < -0.3 is 10.1 Å². The van der Waals surface area contributed by atoms with Crippen molar-refractivity contribution in [3.05, 3.63) is 17.0 Å². The fourth-order valence-corrected chi connectivity index (χ4v) is 3.00. The number of hydrogen-bond donors (Lipinski definition) is 1. The lowest BCUT2D eigenvalue weighted by Gasteiger charge is -2.30. The third-order valence-corrected chi connectivity index (χ3v) is 3.97. The van der Waals surface area contributed by atoms with Crippen LogP contribution in [0.4, 0.5) is 0 Å². The summed E-state index contributed by atoms with van der Waals surface area (Å²) in [5, 5.41) is 8.22. The maximum atomic E-state index is 5.59. The molecule has 0 bridgehead atoms. The third-order valence-electron chi connectivity index (χ3n) is 3.97. The van der Waals surface area contributed by atoms with Crippen LogP contribution in [-0.4, -0.2) is 28.5 Å². The van der Waals surface area contributed by atoms with E-state index in [1.165, 1.54) is 11.3 Å². The molecule has 1 aliphatic heterocycles. The van der Waals surface area contributed by atoms with Gasteiger partial charge in [-0.3, -0.25) is 4.68 Å². The zero-order valence-electron chi connectivity index (χ0n) is 12.2. The lowest BCUT2D eigenvalue weighted by atomic mass is 10.0. The van der Waals surface area contributed by atoms with Crippen molar-refractivity contribution in [2.45, 2.75) is 58.7 Å². The van der Waals surface area contributed by atoms with Crippen LogP contribution >= 0.6 is 0 Å². The molecular formula is C14H25N3O. The molecule has 0 aliphatic carbocycles. The van der Waals surface area contributed by atoms with Crippen LogP contribution < -0.4 is 5.32 Å². The van der Waals surface area contributed by atoms with Gasteiger partial charge in [-0.15, -0.1) is 0 Å². The quantitative estimate of drug-likeness (QED) is 0.895. The van der Waals surface area contributed by atoms with Crippen LogP contribution in [0, 0.1) is 13.8 Å². The van der Waals surface area contributed by atoms with Crippen molar-refractivity contribution in [1.82, 2.24) is 15.1 Å². The van der Waals surface area contributed by atoms with Crippen molar-refractivity contribution in [2.75, 3.05) is 6.61 Å². The molecule has 1 aromatic heterocycles. The van der Waals surface area contributed by atoms with Gasteiger partial charge in [0, 0.05) is 37.0 Å². The van der Waals surface area contributed by atoms with Crippen molar-refractivity contribution in [3.63, 3.8) is 0 Å². The van der Waals surface area contributed by atoms with Crippen LogP contribution in [-0.2, 0) is 11.8 Å². The first-order valence-corrected chi connectivity index (χ1v) is 6.86. The molecule has 2 rings (SSSR count). The second kappa shape index (κ2) is 5.41. The Hall–Kier alpha value is -0.870. The molecule has 1 fully saturated rings. The summed E-state index contributed by atoms with van der Waals surface area (Å²) in [6.45, 7) is 9.49. The monoisotopic (exact) mass is 251 g/mol. The second-order valence-corrected chi connectivity index (χ2v) is 5.50. The Labute approximate surface area is 110 Å². The second-order valence-electron chi connectivity index (χ2n) is 5.50. The minimum absolute atomic E-state index is 0.356. The topological polar surface area (TPSA) is 39.1 Å². The molecule has 0 radical (unpaired) electrons. The molecule has 0 amide bonds. The van der Waals surface area contributed by atoms with Crippen LogP contribution in [0.2, 0.25) is 0 Å². The van der Waals surface area contributed by atoms with Gasteiger partial charge in [-0.25, -0.2) is 0 Å². The van der Waals surface area contributed by atoms with Crippen LogP contribution in [0.3, 0.4) is 0 Å². The first-order chi connectivity index (χ1) is 8.49. The first-order valence-electron chi connectivity index (χ1n) is 6.86. The van der Waals surface area contributed by atoms with Crippen molar-refractivity contribution in [1.29, 1.82) is 0 Å². The van der Waals surface area contributed by atoms with Crippen molar-refractivity contribution >= 4 is 0 Å². The van der Waals surface area contributed by atoms with Gasteiger partial charge in [-0.05, 0) is 40.5 Å². The Morgan fingerprint density at radius 1 is 1.44 bits per heavy atom. The number of nitrogens with zero attached hydrogens (tertiary/aromatic N) is 2. The SMILES string of the molecule is Cc1nn(C)c(C)c1C(C)NC1CCOC(C)C1. The number of hydrogen-bond acceptors (Lipinski definition) is 3. The molecule has 4 heteroatoms. The lowest BCUT2D eigenvalue weighted by molar-refractivity contribution is 0.0116. The molecule has 1 saturated heterocycles. The van der Waals surface area contributed by atoms with E-state index < -0.39 is 0 Å². The maximum absolute atomic E-state index is 5.59. The van der Waals surface area contributed by atoms with Gasteiger partial charge in [0.1, 0.15) is 0 Å². The van der Waals surface area contributed by atoms with E-state index in [-0.39, 0.29) is 0 Å². The van der Waals surface area contributed by atoms with E-state index in [9.17, 15) is 0 Å². The summed E-state index contributed by atoms with van der Waals surface area (Å²) in [5.41, 5.74) is 3.74. The van der Waals surface area contributed by atoms with E-state index in [4.69, 9.17) is 4.74 Å². The summed E-state index contributed by atoms with van der Waals surface area (Å²) in [7, 11) is 2.01. The van der Waals surface area contributed by atoms with Crippen molar-refractivity contribution in [2.24, 2.45) is 7.05 Å². The van der Waals surface area contributed by atoms with Crippen molar-refractivity contribution < 1.29 is 4.74 Å². The van der Waals surface area contributed by atoms with E-state index >= 15 is 0 Å². The van der Waals surface area contributed by atoms with Gasteiger partial charge >= 0.3 is 0 Å². The Morgan fingerprint density at radius 2 is 2.17 bits per heavy atom. The molecule has 4 nitrogen and oxygen atoms in total. The van der Waals surface area contributed by atoms with Crippen LogP contribution in [0.25, 0.3) is 0 Å². The van der Waals surface area contributed by atoms with Crippen LogP contribution in [0.5, 0.6) is 0 Å². The van der Waals surface area contributed by atoms with E-state index in [2.05, 4.69) is 38.1 Å². The predicted molar refractivity (Wildman–Crippen MR) is 72.7 cm³/mol. The molecule has 0 spiro atoms. The molecule has 1 N–H and O–H groups in total. The standard InChI is InChI=1S/C14H25N3O/c1-9-8-13(6-7-18-9)15-10(2)14-11(3)16-17(5)12(14)4/h9-10,13,15H,6-8H2,1-5H3. The number of aryl methyl sites for hydroxylation is 2. The average Bonchev–Trinajstić information content (AvgIpc) is 2.53. The number of ether oxygens (including phenoxy) is 1. The summed E-state index contributed by atoms with van der Waals surface area (Å²) >= 11 is 0. The molecule has 0 saturated carbocycles. The zero-order chi connectivity index (χ0) is 13.3. The number of aromatic nitrogens is 2. The highest BCUT2D eigenvalue weighted by Crippen LogP contribution is 2.23. The summed E-state index contributed by atoms with van der Waals surface area (Å²) in [4.78, 5) is 0. The highest BCUT2D eigenvalue weighted by Gasteiger charge is 2.23. The molecule has 0 aromatic carbocycles. The lowest BCUT2D eigenvalue weighted by Crippen LogP contribution is -2.39. The molecule has 102 valence electrons. The number of nitrogens with one attached hydrogen (secondary N) is 1. The Bertz CT molecular complexity index is 413. The predicted octanol–water partition coefficient (Wildman–Crippen LogP) is 2.26. The Balaban J connectivity index is 2.05. The highest BCUT2D eigenvalue weighted by atomic mass is 16.5. The molecular weight excluding hydrogens is 226 g/mol. The first kappa shape index (κ1) is 13.6. The molecule has 1 aromatic rings. The van der Waals surface area contributed by atoms with Gasteiger partial charge in [-0.2, -0.15) is 5.10 Å². The summed E-state index contributed by atoms with van der Waals surface area (Å²) < 4.78 is 7.56. The molecule has 1 aliphatic rings. The normalized spacial score (nSPS) is 26.3. The Kier molecular flexibility index (Phi) is 4.07. The fourth-order valence-electron chi connectivity index (χ4n) is 3.00. The van der Waals surface area contributed by atoms with Gasteiger partial charge in [0.05, 0.1) is 11.8 Å². The van der Waals surface area contributed by atoms with Gasteiger partial charge in [0.25, 0.3) is 0 Å². The summed E-state index contributed by atoms with van der Waals surface area (Å²) in [6, 6.07) is 0.914. The average molecular weight is 251 g/mol. The summed E-state index contributed by atoms with van der Waals surface area (Å²) in [5.74, 6) is 0. The van der Waals surface area contributed by atoms with Crippen molar-refractivity contribution in [3.8, 4) is 0 Å². The minimum Gasteiger partial charge on any atom is -0.378 e. The van der Waals surface area contributed by atoms with Gasteiger partial charge in [-0.1, -0.05) is 0 Å². The summed E-state index contributed by atoms with van der Waals surface area (Å²) in [6.07, 6.45) is 2.58. The number of rotatable bonds is 3. The smallest absolute Gasteiger partial charge is 0.0644 e. The maximum Gasteiger partial charge on any atom is 0.0644 e. The third kappa shape index (κ3) is 2.75. The van der Waals surface area contributed by atoms with E-state index in [1.54, 1.807) is 0 Å². The molecule has 18 heavy (non-hydrogen) atoms. The minimum atomic E-state index is 0.356. The molecule has 3 atom stereocenters.